The normalized spacial score (nSPS) is 12.7. The van der Waals surface area contributed by atoms with Crippen molar-refractivity contribution in [1.82, 2.24) is 9.55 Å². The average Bonchev–Trinajstić information content (AvgIpc) is 3.41. The summed E-state index contributed by atoms with van der Waals surface area (Å²) >= 11 is 1.68. The van der Waals surface area contributed by atoms with Crippen LogP contribution >= 0.6 is 11.3 Å². The van der Waals surface area contributed by atoms with Crippen LogP contribution in [0, 0.1) is 0 Å². The zero-order chi connectivity index (χ0) is 24.3. The summed E-state index contributed by atoms with van der Waals surface area (Å²) in [4.78, 5) is 19.1. The summed E-state index contributed by atoms with van der Waals surface area (Å²) in [6.07, 6.45) is 9.32. The third kappa shape index (κ3) is 8.87. The first kappa shape index (κ1) is 27.5. The van der Waals surface area contributed by atoms with Gasteiger partial charge in [0.25, 0.3) is 0 Å². The Bertz CT molecular complexity index is 882. The van der Waals surface area contributed by atoms with E-state index in [0.29, 0.717) is 19.8 Å². The van der Waals surface area contributed by atoms with Gasteiger partial charge in [0, 0.05) is 29.5 Å². The molecule has 0 spiro atoms. The van der Waals surface area contributed by atoms with Crippen LogP contribution in [0.25, 0.3) is 5.57 Å². The van der Waals surface area contributed by atoms with Crippen molar-refractivity contribution in [3.05, 3.63) is 45.7 Å². The number of nitrogens with zero attached hydrogens (tertiary/aromatic N) is 2. The SMILES string of the molecule is CCCC/C(=C(/Cc1cccs1)C(=O)OCC)c1cnc(CCCC)n1COC[Si](C)(C)C. The van der Waals surface area contributed by atoms with Gasteiger partial charge in [-0.25, -0.2) is 9.78 Å². The molecule has 0 bridgehead atoms. The predicted molar refractivity (Wildman–Crippen MR) is 141 cm³/mol. The number of carbonyl (C=O) groups excluding carboxylic acids is 1. The van der Waals surface area contributed by atoms with Gasteiger partial charge in [-0.05, 0) is 43.2 Å². The van der Waals surface area contributed by atoms with Crippen LogP contribution in [0.15, 0.2) is 29.3 Å². The second-order valence-electron chi connectivity index (χ2n) is 9.67. The molecule has 0 fully saturated rings. The Morgan fingerprint density at radius 2 is 1.91 bits per heavy atom. The van der Waals surface area contributed by atoms with E-state index in [1.54, 1.807) is 11.3 Å². The maximum atomic E-state index is 13.2. The van der Waals surface area contributed by atoms with Gasteiger partial charge in [-0.3, -0.25) is 0 Å². The standard InChI is InChI=1S/C26H42N2O3SSi/c1-7-10-14-22(23(26(29)31-9-3)17-21-13-12-16-32-21)24-18-27-25(15-11-8-2)28(24)19-30-20-33(4,5)6/h12-13,16,18H,7-11,14-15,17,19-20H2,1-6H3/b23-22+. The maximum absolute atomic E-state index is 13.2. The minimum absolute atomic E-state index is 0.220. The molecule has 0 atom stereocenters. The van der Waals surface area contributed by atoms with E-state index in [-0.39, 0.29) is 5.97 Å². The Kier molecular flexibility index (Phi) is 11.6. The number of carbonyl (C=O) groups is 1. The van der Waals surface area contributed by atoms with Crippen molar-refractivity contribution in [2.45, 2.75) is 92.1 Å². The van der Waals surface area contributed by atoms with E-state index in [4.69, 9.17) is 14.5 Å². The Hall–Kier alpha value is -1.70. The molecule has 0 saturated heterocycles. The number of unbranched alkanes of at least 4 members (excludes halogenated alkanes) is 2. The lowest BCUT2D eigenvalue weighted by Gasteiger charge is -2.20. The van der Waals surface area contributed by atoms with E-state index < -0.39 is 8.07 Å². The number of rotatable bonds is 15. The third-order valence-electron chi connectivity index (χ3n) is 5.35. The number of thiophene rings is 1. The number of hydrogen-bond donors (Lipinski definition) is 0. The predicted octanol–water partition coefficient (Wildman–Crippen LogP) is 6.89. The van der Waals surface area contributed by atoms with E-state index in [2.05, 4.69) is 49.5 Å². The van der Waals surface area contributed by atoms with Gasteiger partial charge in [-0.1, -0.05) is 52.4 Å². The minimum Gasteiger partial charge on any atom is -0.463 e. The molecule has 0 amide bonds. The van der Waals surface area contributed by atoms with Crippen molar-refractivity contribution >= 4 is 31.0 Å². The molecule has 0 unspecified atom stereocenters. The van der Waals surface area contributed by atoms with Gasteiger partial charge in [-0.2, -0.15) is 0 Å². The van der Waals surface area contributed by atoms with Crippen LogP contribution in [0.1, 0.15) is 69.3 Å². The van der Waals surface area contributed by atoms with E-state index in [1.165, 1.54) is 4.88 Å². The van der Waals surface area contributed by atoms with Crippen LogP contribution < -0.4 is 0 Å². The highest BCUT2D eigenvalue weighted by Crippen LogP contribution is 2.30. The van der Waals surface area contributed by atoms with E-state index in [9.17, 15) is 4.79 Å². The van der Waals surface area contributed by atoms with Gasteiger partial charge < -0.3 is 14.0 Å². The van der Waals surface area contributed by atoms with Crippen molar-refractivity contribution in [2.75, 3.05) is 12.8 Å². The van der Waals surface area contributed by atoms with Gasteiger partial charge in [0.1, 0.15) is 12.6 Å². The Balaban J connectivity index is 2.55. The van der Waals surface area contributed by atoms with Crippen LogP contribution in [-0.4, -0.2) is 36.4 Å². The summed E-state index contributed by atoms with van der Waals surface area (Å²) in [5.41, 5.74) is 2.81. The smallest absolute Gasteiger partial charge is 0.334 e. The second kappa shape index (κ2) is 13.9. The quantitative estimate of drug-likeness (QED) is 0.155. The summed E-state index contributed by atoms with van der Waals surface area (Å²) in [6.45, 7) is 14.0. The van der Waals surface area contributed by atoms with Gasteiger partial charge in [0.2, 0.25) is 0 Å². The molecule has 2 rings (SSSR count). The summed E-state index contributed by atoms with van der Waals surface area (Å²) in [5.74, 6) is 0.818. The summed E-state index contributed by atoms with van der Waals surface area (Å²) in [7, 11) is -1.33. The number of esters is 1. The van der Waals surface area contributed by atoms with Crippen LogP contribution in [0.3, 0.4) is 0 Å². The molecule has 0 N–H and O–H groups in total. The van der Waals surface area contributed by atoms with Crippen molar-refractivity contribution < 1.29 is 14.3 Å². The number of aryl methyl sites for hydroxylation is 1. The van der Waals surface area contributed by atoms with Gasteiger partial charge in [-0.15, -0.1) is 11.3 Å². The third-order valence-corrected chi connectivity index (χ3v) is 7.30. The molecule has 0 saturated carbocycles. The maximum Gasteiger partial charge on any atom is 0.334 e. The number of allylic oxidation sites excluding steroid dienone is 1. The first-order valence-corrected chi connectivity index (χ1v) is 16.9. The topological polar surface area (TPSA) is 53.3 Å². The molecule has 0 aliphatic heterocycles. The minimum atomic E-state index is -1.33. The monoisotopic (exact) mass is 490 g/mol. The Morgan fingerprint density at radius 3 is 2.52 bits per heavy atom. The van der Waals surface area contributed by atoms with E-state index in [1.807, 2.05) is 19.2 Å². The van der Waals surface area contributed by atoms with Crippen molar-refractivity contribution in [3.8, 4) is 0 Å². The Labute approximate surface area is 205 Å². The van der Waals surface area contributed by atoms with Gasteiger partial charge in [0.15, 0.2) is 0 Å². The highest BCUT2D eigenvalue weighted by atomic mass is 32.1. The average molecular weight is 491 g/mol. The fourth-order valence-electron chi connectivity index (χ4n) is 3.67. The molecular weight excluding hydrogens is 448 g/mol. The molecule has 0 aliphatic carbocycles. The van der Waals surface area contributed by atoms with Crippen LogP contribution in [0.2, 0.25) is 19.6 Å². The fourth-order valence-corrected chi connectivity index (χ4v) is 5.09. The second-order valence-corrected chi connectivity index (χ2v) is 16.1. The van der Waals surface area contributed by atoms with Crippen LogP contribution in [0.5, 0.6) is 0 Å². The number of imidazole rings is 1. The van der Waals surface area contributed by atoms with Crippen LogP contribution in [0.4, 0.5) is 0 Å². The van der Waals surface area contributed by atoms with E-state index in [0.717, 1.165) is 67.4 Å². The summed E-state index contributed by atoms with van der Waals surface area (Å²) in [6, 6.07) is 4.12. The zero-order valence-electron chi connectivity index (χ0n) is 21.4. The molecule has 5 nitrogen and oxygen atoms in total. The number of ether oxygens (including phenoxy) is 2. The molecule has 0 aromatic carbocycles. The summed E-state index contributed by atoms with van der Waals surface area (Å²) in [5, 5.41) is 2.06. The molecular formula is C26H42N2O3SSi. The molecule has 2 aromatic heterocycles. The van der Waals surface area contributed by atoms with Crippen LogP contribution in [-0.2, 0) is 33.8 Å². The first-order valence-electron chi connectivity index (χ1n) is 12.3. The van der Waals surface area contributed by atoms with Crippen molar-refractivity contribution in [1.29, 1.82) is 0 Å². The molecule has 33 heavy (non-hydrogen) atoms. The van der Waals surface area contributed by atoms with E-state index >= 15 is 0 Å². The Morgan fingerprint density at radius 1 is 1.15 bits per heavy atom. The number of aromatic nitrogens is 2. The molecule has 0 aliphatic rings. The highest BCUT2D eigenvalue weighted by molar-refractivity contribution is 7.09. The van der Waals surface area contributed by atoms with Gasteiger partial charge >= 0.3 is 5.97 Å². The molecule has 7 heteroatoms. The van der Waals surface area contributed by atoms with Gasteiger partial charge in [0.05, 0.1) is 26.6 Å². The highest BCUT2D eigenvalue weighted by Gasteiger charge is 2.23. The fraction of sp³-hybridized carbons (Fsp3) is 0.615. The summed E-state index contributed by atoms with van der Waals surface area (Å²) < 4.78 is 13.9. The molecule has 0 radical (unpaired) electrons. The van der Waals surface area contributed by atoms with Crippen molar-refractivity contribution in [3.63, 3.8) is 0 Å². The largest absolute Gasteiger partial charge is 0.463 e. The zero-order valence-corrected chi connectivity index (χ0v) is 23.2. The molecule has 2 heterocycles. The lowest BCUT2D eigenvalue weighted by Crippen LogP contribution is -2.29. The lowest BCUT2D eigenvalue weighted by molar-refractivity contribution is -0.138. The van der Waals surface area contributed by atoms with Crippen molar-refractivity contribution in [2.24, 2.45) is 0 Å². The first-order chi connectivity index (χ1) is 15.8. The molecule has 184 valence electrons. The lowest BCUT2D eigenvalue weighted by atomic mass is 9.96. The number of hydrogen-bond acceptors (Lipinski definition) is 5. The molecule has 2 aromatic rings.